The minimum atomic E-state index is -0.280. The summed E-state index contributed by atoms with van der Waals surface area (Å²) >= 11 is 0. The Kier molecular flexibility index (Phi) is 5.84. The van der Waals surface area contributed by atoms with Crippen LogP contribution in [0, 0.1) is 0 Å². The number of para-hydroxylation sites is 2. The third kappa shape index (κ3) is 5.19. The molecule has 0 saturated heterocycles. The summed E-state index contributed by atoms with van der Waals surface area (Å²) in [6.07, 6.45) is 0. The first kappa shape index (κ1) is 18.2. The highest BCUT2D eigenvalue weighted by atomic mass is 16.5. The van der Waals surface area contributed by atoms with Gasteiger partial charge in [-0.2, -0.15) is 0 Å². The van der Waals surface area contributed by atoms with Crippen molar-refractivity contribution in [2.75, 3.05) is 10.6 Å². The van der Waals surface area contributed by atoms with Gasteiger partial charge in [0.25, 0.3) is 5.91 Å². The van der Waals surface area contributed by atoms with Gasteiger partial charge >= 0.3 is 0 Å². The van der Waals surface area contributed by atoms with Crippen LogP contribution in [-0.2, 0) is 11.4 Å². The number of anilines is 2. The van der Waals surface area contributed by atoms with Gasteiger partial charge in [0.05, 0.1) is 11.4 Å². The quantitative estimate of drug-likeness (QED) is 0.681. The largest absolute Gasteiger partial charge is 0.489 e. The summed E-state index contributed by atoms with van der Waals surface area (Å²) in [5.41, 5.74) is 2.61. The second-order valence-electron chi connectivity index (χ2n) is 5.98. The van der Waals surface area contributed by atoms with Crippen LogP contribution in [0.15, 0.2) is 78.9 Å². The zero-order valence-corrected chi connectivity index (χ0v) is 14.9. The van der Waals surface area contributed by atoms with Gasteiger partial charge in [0.15, 0.2) is 0 Å². The van der Waals surface area contributed by atoms with Gasteiger partial charge in [-0.15, -0.1) is 0 Å². The average Bonchev–Trinajstić information content (AvgIpc) is 2.68. The molecule has 2 amide bonds. The maximum absolute atomic E-state index is 12.6. The molecule has 5 heteroatoms. The molecule has 0 aliphatic rings. The molecule has 3 aromatic carbocycles. The summed E-state index contributed by atoms with van der Waals surface area (Å²) in [5, 5.41) is 5.53. The third-order valence-electron chi connectivity index (χ3n) is 3.83. The summed E-state index contributed by atoms with van der Waals surface area (Å²) in [5.74, 6) is 0.132. The predicted molar refractivity (Wildman–Crippen MR) is 106 cm³/mol. The second kappa shape index (κ2) is 8.67. The molecular weight excluding hydrogens is 340 g/mol. The highest BCUT2D eigenvalue weighted by Gasteiger charge is 2.10. The van der Waals surface area contributed by atoms with E-state index in [1.165, 1.54) is 6.92 Å². The smallest absolute Gasteiger partial charge is 0.255 e. The summed E-state index contributed by atoms with van der Waals surface area (Å²) in [6, 6.07) is 23.9. The summed E-state index contributed by atoms with van der Waals surface area (Å²) < 4.78 is 5.77. The molecule has 0 fully saturated rings. The molecule has 0 atom stereocenters. The number of amides is 2. The van der Waals surface area contributed by atoms with Gasteiger partial charge in [0.1, 0.15) is 12.4 Å². The minimum absolute atomic E-state index is 0.201. The predicted octanol–water partition coefficient (Wildman–Crippen LogP) is 4.48. The van der Waals surface area contributed by atoms with Gasteiger partial charge in [-0.1, -0.05) is 48.5 Å². The summed E-state index contributed by atoms with van der Waals surface area (Å²) in [4.78, 5) is 23.9. The van der Waals surface area contributed by atoms with Crippen LogP contribution in [0.5, 0.6) is 5.75 Å². The van der Waals surface area contributed by atoms with Crippen molar-refractivity contribution in [2.24, 2.45) is 0 Å². The third-order valence-corrected chi connectivity index (χ3v) is 3.83. The van der Waals surface area contributed by atoms with E-state index in [0.717, 1.165) is 5.56 Å². The van der Waals surface area contributed by atoms with Crippen LogP contribution >= 0.6 is 0 Å². The number of benzene rings is 3. The van der Waals surface area contributed by atoms with Crippen molar-refractivity contribution in [1.29, 1.82) is 0 Å². The van der Waals surface area contributed by atoms with E-state index in [0.29, 0.717) is 29.3 Å². The van der Waals surface area contributed by atoms with Crippen LogP contribution in [0.1, 0.15) is 22.8 Å². The van der Waals surface area contributed by atoms with Gasteiger partial charge in [-0.25, -0.2) is 0 Å². The van der Waals surface area contributed by atoms with E-state index in [1.807, 2.05) is 36.4 Å². The number of carbonyl (C=O) groups is 2. The molecule has 0 aromatic heterocycles. The van der Waals surface area contributed by atoms with Gasteiger partial charge < -0.3 is 15.4 Å². The lowest BCUT2D eigenvalue weighted by molar-refractivity contribution is -0.114. The van der Waals surface area contributed by atoms with Crippen LogP contribution in [0.3, 0.4) is 0 Å². The molecule has 27 heavy (non-hydrogen) atoms. The van der Waals surface area contributed by atoms with Crippen LogP contribution in [0.4, 0.5) is 11.4 Å². The van der Waals surface area contributed by atoms with Crippen LogP contribution in [0.2, 0.25) is 0 Å². The molecule has 0 bridgehead atoms. The van der Waals surface area contributed by atoms with Crippen LogP contribution in [0.25, 0.3) is 0 Å². The number of hydrogen-bond donors (Lipinski definition) is 2. The number of carbonyl (C=O) groups excluding carboxylic acids is 2. The molecule has 3 aromatic rings. The van der Waals surface area contributed by atoms with Crippen molar-refractivity contribution in [1.82, 2.24) is 0 Å². The Hall–Kier alpha value is -3.60. The Morgan fingerprint density at radius 3 is 2.19 bits per heavy atom. The maximum Gasteiger partial charge on any atom is 0.255 e. The zero-order chi connectivity index (χ0) is 19.1. The van der Waals surface area contributed by atoms with Crippen molar-refractivity contribution in [3.63, 3.8) is 0 Å². The molecular formula is C22H20N2O3. The molecule has 0 radical (unpaired) electrons. The number of hydrogen-bond acceptors (Lipinski definition) is 3. The fourth-order valence-corrected chi connectivity index (χ4v) is 2.55. The Bertz CT molecular complexity index is 939. The van der Waals surface area contributed by atoms with Crippen LogP contribution < -0.4 is 15.4 Å². The Morgan fingerprint density at radius 2 is 1.48 bits per heavy atom. The normalized spacial score (nSPS) is 10.1. The Labute approximate surface area is 158 Å². The lowest BCUT2D eigenvalue weighted by Gasteiger charge is -2.12. The first-order valence-electron chi connectivity index (χ1n) is 8.56. The van der Waals surface area contributed by atoms with E-state index in [9.17, 15) is 9.59 Å². The topological polar surface area (TPSA) is 67.4 Å². The molecule has 136 valence electrons. The van der Waals surface area contributed by atoms with E-state index < -0.39 is 0 Å². The van der Waals surface area contributed by atoms with E-state index >= 15 is 0 Å². The molecule has 0 heterocycles. The first-order chi connectivity index (χ1) is 13.1. The molecule has 0 spiro atoms. The number of rotatable bonds is 6. The highest BCUT2D eigenvalue weighted by Crippen LogP contribution is 2.22. The monoisotopic (exact) mass is 360 g/mol. The Morgan fingerprint density at radius 1 is 0.815 bits per heavy atom. The van der Waals surface area contributed by atoms with Crippen molar-refractivity contribution >= 4 is 23.2 Å². The molecule has 5 nitrogen and oxygen atoms in total. The van der Waals surface area contributed by atoms with E-state index in [4.69, 9.17) is 4.74 Å². The fourth-order valence-electron chi connectivity index (χ4n) is 2.55. The molecule has 0 aliphatic carbocycles. The average molecular weight is 360 g/mol. The first-order valence-corrected chi connectivity index (χ1v) is 8.56. The van der Waals surface area contributed by atoms with Gasteiger partial charge in [0, 0.05) is 12.5 Å². The maximum atomic E-state index is 12.6. The Balaban J connectivity index is 1.70. The number of nitrogens with one attached hydrogen (secondary N) is 2. The van der Waals surface area contributed by atoms with E-state index in [2.05, 4.69) is 10.6 Å². The minimum Gasteiger partial charge on any atom is -0.489 e. The standard InChI is InChI=1S/C22H20N2O3/c1-16(25)23-20-12-5-6-13-21(20)24-22(26)18-10-7-11-19(14-18)27-15-17-8-3-2-4-9-17/h2-14H,15H2,1H3,(H,23,25)(H,24,26). The molecule has 3 rings (SSSR count). The molecule has 0 aliphatic heterocycles. The fraction of sp³-hybridized carbons (Fsp3) is 0.0909. The molecule has 0 saturated carbocycles. The van der Waals surface area contributed by atoms with Crippen molar-refractivity contribution in [3.8, 4) is 5.75 Å². The summed E-state index contributed by atoms with van der Waals surface area (Å²) in [6.45, 7) is 1.85. The lowest BCUT2D eigenvalue weighted by Crippen LogP contribution is -2.15. The van der Waals surface area contributed by atoms with Gasteiger partial charge in [-0.05, 0) is 35.9 Å². The van der Waals surface area contributed by atoms with Crippen LogP contribution in [-0.4, -0.2) is 11.8 Å². The van der Waals surface area contributed by atoms with Crippen molar-refractivity contribution in [2.45, 2.75) is 13.5 Å². The van der Waals surface area contributed by atoms with Gasteiger partial charge in [-0.3, -0.25) is 9.59 Å². The van der Waals surface area contributed by atoms with E-state index in [1.54, 1.807) is 42.5 Å². The van der Waals surface area contributed by atoms with Gasteiger partial charge in [0.2, 0.25) is 5.91 Å². The van der Waals surface area contributed by atoms with Crippen molar-refractivity contribution in [3.05, 3.63) is 90.0 Å². The lowest BCUT2D eigenvalue weighted by atomic mass is 10.2. The number of ether oxygens (including phenoxy) is 1. The molecule has 2 N–H and O–H groups in total. The molecule has 0 unspecified atom stereocenters. The second-order valence-corrected chi connectivity index (χ2v) is 5.98. The highest BCUT2D eigenvalue weighted by molar-refractivity contribution is 6.07. The van der Waals surface area contributed by atoms with E-state index in [-0.39, 0.29) is 11.8 Å². The summed E-state index contributed by atoms with van der Waals surface area (Å²) in [7, 11) is 0. The SMILES string of the molecule is CC(=O)Nc1ccccc1NC(=O)c1cccc(OCc2ccccc2)c1. The zero-order valence-electron chi connectivity index (χ0n) is 14.9. The van der Waals surface area contributed by atoms with Crippen molar-refractivity contribution < 1.29 is 14.3 Å².